The first-order valence-electron chi connectivity index (χ1n) is 8.10. The van der Waals surface area contributed by atoms with Gasteiger partial charge in [-0.2, -0.15) is 0 Å². The van der Waals surface area contributed by atoms with E-state index in [2.05, 4.69) is 0 Å². The second-order valence-corrected chi connectivity index (χ2v) is 6.57. The Balaban J connectivity index is 1.76. The van der Waals surface area contributed by atoms with Crippen molar-refractivity contribution < 1.29 is 14.4 Å². The molecule has 3 amide bonds. The second-order valence-electron chi connectivity index (χ2n) is 6.57. The minimum atomic E-state index is -0.327. The number of nitrogens with zero attached hydrogens (tertiary/aromatic N) is 3. The predicted octanol–water partition coefficient (Wildman–Crippen LogP) is -0.0270. The van der Waals surface area contributed by atoms with Crippen molar-refractivity contribution in [1.82, 2.24) is 14.7 Å². The number of carbonyl (C=O) groups is 3. The van der Waals surface area contributed by atoms with Crippen LogP contribution in [0.5, 0.6) is 0 Å². The van der Waals surface area contributed by atoms with Crippen molar-refractivity contribution in [2.24, 2.45) is 0 Å². The van der Waals surface area contributed by atoms with Crippen LogP contribution in [-0.4, -0.2) is 70.2 Å². The molecule has 4 rings (SSSR count). The zero-order chi connectivity index (χ0) is 14.6. The zero-order valence-corrected chi connectivity index (χ0v) is 12.2. The van der Waals surface area contributed by atoms with E-state index in [0.29, 0.717) is 19.6 Å². The van der Waals surface area contributed by atoms with Gasteiger partial charge in [0.1, 0.15) is 18.1 Å². The molecule has 0 aromatic rings. The van der Waals surface area contributed by atoms with Crippen molar-refractivity contribution >= 4 is 17.7 Å². The molecule has 6 heteroatoms. The Labute approximate surface area is 124 Å². The average molecular weight is 291 g/mol. The summed E-state index contributed by atoms with van der Waals surface area (Å²) in [7, 11) is 0. The van der Waals surface area contributed by atoms with Crippen molar-refractivity contribution in [2.45, 2.75) is 56.7 Å². The van der Waals surface area contributed by atoms with E-state index in [1.54, 1.807) is 14.7 Å². The summed E-state index contributed by atoms with van der Waals surface area (Å²) >= 11 is 0. The topological polar surface area (TPSA) is 60.9 Å². The number of fused-ring (bicyclic) bond motifs is 3. The van der Waals surface area contributed by atoms with Gasteiger partial charge in [0, 0.05) is 19.6 Å². The second kappa shape index (κ2) is 4.71. The Morgan fingerprint density at radius 1 is 0.571 bits per heavy atom. The summed E-state index contributed by atoms with van der Waals surface area (Å²) in [5, 5.41) is 0. The first-order valence-corrected chi connectivity index (χ1v) is 8.10. The quantitative estimate of drug-likeness (QED) is 0.630. The van der Waals surface area contributed by atoms with E-state index < -0.39 is 0 Å². The van der Waals surface area contributed by atoms with Crippen molar-refractivity contribution in [3.8, 4) is 0 Å². The van der Waals surface area contributed by atoms with Gasteiger partial charge in [0.2, 0.25) is 17.7 Å². The molecule has 0 N–H and O–H groups in total. The van der Waals surface area contributed by atoms with Gasteiger partial charge in [0.25, 0.3) is 0 Å². The van der Waals surface area contributed by atoms with Crippen LogP contribution in [-0.2, 0) is 14.4 Å². The summed E-state index contributed by atoms with van der Waals surface area (Å²) in [6.45, 7) is 1.98. The van der Waals surface area contributed by atoms with Gasteiger partial charge in [-0.25, -0.2) is 0 Å². The largest absolute Gasteiger partial charge is 0.329 e. The smallest absolute Gasteiger partial charge is 0.246 e. The maximum absolute atomic E-state index is 12.8. The predicted molar refractivity (Wildman–Crippen MR) is 74.2 cm³/mol. The molecule has 4 aliphatic heterocycles. The van der Waals surface area contributed by atoms with E-state index in [-0.39, 0.29) is 35.8 Å². The molecule has 0 unspecified atom stereocenters. The molecule has 0 radical (unpaired) electrons. The molecule has 0 saturated carbocycles. The lowest BCUT2D eigenvalue weighted by atomic mass is 10.1. The molecule has 4 fully saturated rings. The van der Waals surface area contributed by atoms with Gasteiger partial charge >= 0.3 is 0 Å². The summed E-state index contributed by atoms with van der Waals surface area (Å²) in [6.07, 6.45) is 4.90. The van der Waals surface area contributed by atoms with Crippen LogP contribution in [0.3, 0.4) is 0 Å². The Morgan fingerprint density at radius 3 is 1.14 bits per heavy atom. The first kappa shape index (κ1) is 13.1. The van der Waals surface area contributed by atoms with E-state index in [0.717, 1.165) is 38.5 Å². The minimum Gasteiger partial charge on any atom is -0.329 e. The Bertz CT molecular complexity index is 399. The SMILES string of the molecule is O=C1[C@H]2CCCN2C(=O)[C@H]2CCCN2C(=O)[C@H]2CCCN12. The summed E-state index contributed by atoms with van der Waals surface area (Å²) in [5.41, 5.74) is 0. The minimum absolute atomic E-state index is 0.00197. The fraction of sp³-hybridized carbons (Fsp3) is 0.800. The first-order chi connectivity index (χ1) is 10.2. The van der Waals surface area contributed by atoms with Gasteiger partial charge in [-0.3, -0.25) is 14.4 Å². The lowest BCUT2D eigenvalue weighted by molar-refractivity contribution is -0.144. The van der Waals surface area contributed by atoms with E-state index in [1.165, 1.54) is 0 Å². The monoisotopic (exact) mass is 291 g/mol. The van der Waals surface area contributed by atoms with E-state index in [1.807, 2.05) is 0 Å². The number of amides is 3. The van der Waals surface area contributed by atoms with Crippen LogP contribution in [0.2, 0.25) is 0 Å². The summed E-state index contributed by atoms with van der Waals surface area (Å²) in [4.78, 5) is 43.6. The molecule has 3 atom stereocenters. The van der Waals surface area contributed by atoms with Crippen molar-refractivity contribution in [2.75, 3.05) is 19.6 Å². The van der Waals surface area contributed by atoms with E-state index in [9.17, 15) is 14.4 Å². The number of carbonyl (C=O) groups excluding carboxylic acids is 3. The molecule has 114 valence electrons. The fourth-order valence-electron chi connectivity index (χ4n) is 4.44. The molecule has 0 aliphatic carbocycles. The third-order valence-corrected chi connectivity index (χ3v) is 5.46. The molecule has 4 heterocycles. The van der Waals surface area contributed by atoms with Crippen LogP contribution in [0.1, 0.15) is 38.5 Å². The van der Waals surface area contributed by atoms with E-state index in [4.69, 9.17) is 0 Å². The molecule has 4 saturated heterocycles. The summed E-state index contributed by atoms with van der Waals surface area (Å²) in [5.74, 6) is -0.00591. The van der Waals surface area contributed by atoms with Gasteiger partial charge in [-0.1, -0.05) is 0 Å². The fourth-order valence-corrected chi connectivity index (χ4v) is 4.44. The molecule has 21 heavy (non-hydrogen) atoms. The summed E-state index contributed by atoms with van der Waals surface area (Å²) < 4.78 is 0. The van der Waals surface area contributed by atoms with Crippen LogP contribution in [0.15, 0.2) is 0 Å². The van der Waals surface area contributed by atoms with Gasteiger partial charge in [-0.15, -0.1) is 0 Å². The van der Waals surface area contributed by atoms with Crippen LogP contribution < -0.4 is 0 Å². The molecule has 0 aromatic heterocycles. The number of hydrogen-bond donors (Lipinski definition) is 0. The van der Waals surface area contributed by atoms with Crippen LogP contribution in [0.25, 0.3) is 0 Å². The highest BCUT2D eigenvalue weighted by Crippen LogP contribution is 2.32. The standard InChI is InChI=1S/C15H21N3O3/c19-13-10-4-1-7-16(10)14(20)11-5-2-9-18(11)15(21)12-6-3-8-17(12)13/h10-12H,1-9H2/t10-,11-,12-/m1/s1. The average Bonchev–Trinajstić information content (AvgIpc) is 3.22. The van der Waals surface area contributed by atoms with Crippen LogP contribution in [0, 0.1) is 0 Å². The highest BCUT2D eigenvalue weighted by atomic mass is 16.2. The lowest BCUT2D eigenvalue weighted by Crippen LogP contribution is -2.50. The molecule has 0 spiro atoms. The number of rotatable bonds is 0. The van der Waals surface area contributed by atoms with Crippen LogP contribution in [0.4, 0.5) is 0 Å². The van der Waals surface area contributed by atoms with E-state index >= 15 is 0 Å². The summed E-state index contributed by atoms with van der Waals surface area (Å²) in [6, 6.07) is -0.982. The van der Waals surface area contributed by atoms with Crippen molar-refractivity contribution in [3.63, 3.8) is 0 Å². The van der Waals surface area contributed by atoms with Gasteiger partial charge < -0.3 is 14.7 Å². The van der Waals surface area contributed by atoms with Gasteiger partial charge in [0.05, 0.1) is 0 Å². The number of hydrogen-bond acceptors (Lipinski definition) is 3. The Hall–Kier alpha value is -1.59. The van der Waals surface area contributed by atoms with Gasteiger partial charge in [0.15, 0.2) is 0 Å². The molecule has 6 nitrogen and oxygen atoms in total. The molecular weight excluding hydrogens is 270 g/mol. The Morgan fingerprint density at radius 2 is 0.857 bits per heavy atom. The maximum Gasteiger partial charge on any atom is 0.246 e. The molecule has 0 bridgehead atoms. The maximum atomic E-state index is 12.8. The zero-order valence-electron chi connectivity index (χ0n) is 12.2. The van der Waals surface area contributed by atoms with Crippen molar-refractivity contribution in [3.05, 3.63) is 0 Å². The van der Waals surface area contributed by atoms with Crippen molar-refractivity contribution in [1.29, 1.82) is 0 Å². The highest BCUT2D eigenvalue weighted by Gasteiger charge is 2.49. The molecular formula is C15H21N3O3. The third-order valence-electron chi connectivity index (χ3n) is 5.46. The highest BCUT2D eigenvalue weighted by molar-refractivity contribution is 5.98. The van der Waals surface area contributed by atoms with Gasteiger partial charge in [-0.05, 0) is 38.5 Å². The molecule has 0 aromatic carbocycles. The lowest BCUT2D eigenvalue weighted by Gasteiger charge is -2.29. The third kappa shape index (κ3) is 1.80. The normalized spacial score (nSPS) is 36.3. The molecule has 4 aliphatic rings. The Kier molecular flexibility index (Phi) is 2.94. The van der Waals surface area contributed by atoms with Crippen LogP contribution >= 0.6 is 0 Å².